The van der Waals surface area contributed by atoms with Crippen LogP contribution in [0.3, 0.4) is 0 Å². The average Bonchev–Trinajstić information content (AvgIpc) is 2.16. The number of aliphatic hydroxyl groups is 1. The maximum Gasteiger partial charge on any atom is 0.223 e. The molecule has 0 bridgehead atoms. The number of hydrogen-bond acceptors (Lipinski definition) is 7. The van der Waals surface area contributed by atoms with Gasteiger partial charge >= 0.3 is 0 Å². The van der Waals surface area contributed by atoms with E-state index in [-0.39, 0.29) is 11.2 Å². The first kappa shape index (κ1) is 12.0. The molecule has 15 heavy (non-hydrogen) atoms. The number of aromatic nitrogens is 2. The minimum atomic E-state index is -0.416. The van der Waals surface area contributed by atoms with Gasteiger partial charge in [0.25, 0.3) is 0 Å². The summed E-state index contributed by atoms with van der Waals surface area (Å²) in [5.41, 5.74) is 7.90. The van der Waals surface area contributed by atoms with E-state index in [1.807, 2.05) is 6.92 Å². The molecule has 6 nitrogen and oxygen atoms in total. The molecule has 1 aromatic rings. The third kappa shape index (κ3) is 3.54. The summed E-state index contributed by atoms with van der Waals surface area (Å²) in [4.78, 5) is 7.89. The molecule has 1 aromatic heterocycles. The van der Waals surface area contributed by atoms with Crippen molar-refractivity contribution in [3.8, 4) is 0 Å². The normalized spacial score (nSPS) is 14.7. The van der Waals surface area contributed by atoms with E-state index in [1.165, 1.54) is 11.8 Å². The fourth-order valence-corrected chi connectivity index (χ4v) is 1.77. The largest absolute Gasteiger partial charge is 0.392 e. The smallest absolute Gasteiger partial charge is 0.223 e. The quantitative estimate of drug-likeness (QED) is 0.253. The van der Waals surface area contributed by atoms with Crippen LogP contribution < -0.4 is 17.0 Å². The number of hydrazine groups is 1. The van der Waals surface area contributed by atoms with Crippen LogP contribution in [0.4, 0.5) is 11.8 Å². The lowest BCUT2D eigenvalue weighted by Gasteiger charge is -2.13. The van der Waals surface area contributed by atoms with Gasteiger partial charge in [0.2, 0.25) is 5.95 Å². The van der Waals surface area contributed by atoms with Crippen LogP contribution >= 0.6 is 11.8 Å². The van der Waals surface area contributed by atoms with Gasteiger partial charge in [-0.3, -0.25) is 0 Å². The molecule has 0 aliphatic carbocycles. The topological polar surface area (TPSA) is 110 Å². The number of nitrogen functional groups attached to an aromatic ring is 2. The highest BCUT2D eigenvalue weighted by Crippen LogP contribution is 2.25. The number of nitrogens with two attached hydrogens (primary N) is 2. The maximum atomic E-state index is 9.34. The van der Waals surface area contributed by atoms with Crippen molar-refractivity contribution in [3.05, 3.63) is 6.07 Å². The molecule has 6 N–H and O–H groups in total. The zero-order valence-electron chi connectivity index (χ0n) is 8.64. The van der Waals surface area contributed by atoms with Crippen LogP contribution in [0.15, 0.2) is 11.1 Å². The van der Waals surface area contributed by atoms with Crippen LogP contribution in [0.25, 0.3) is 0 Å². The molecule has 0 aliphatic rings. The number of thioether (sulfide) groups is 1. The molecule has 0 saturated carbocycles. The van der Waals surface area contributed by atoms with Crippen molar-refractivity contribution in [3.63, 3.8) is 0 Å². The van der Waals surface area contributed by atoms with Gasteiger partial charge < -0.3 is 16.3 Å². The van der Waals surface area contributed by atoms with Crippen LogP contribution in [-0.4, -0.2) is 26.4 Å². The second kappa shape index (κ2) is 5.15. The van der Waals surface area contributed by atoms with E-state index in [4.69, 9.17) is 11.6 Å². The Morgan fingerprint density at radius 2 is 2.13 bits per heavy atom. The maximum absolute atomic E-state index is 9.34. The number of nitrogens with one attached hydrogen (secondary N) is 1. The van der Waals surface area contributed by atoms with E-state index >= 15 is 0 Å². The summed E-state index contributed by atoms with van der Waals surface area (Å²) in [6, 6.07) is 1.68. The molecular weight excluding hydrogens is 214 g/mol. The second-order valence-electron chi connectivity index (χ2n) is 3.16. The van der Waals surface area contributed by atoms with Crippen LogP contribution in [-0.2, 0) is 0 Å². The van der Waals surface area contributed by atoms with Crippen molar-refractivity contribution in [1.82, 2.24) is 9.97 Å². The summed E-state index contributed by atoms with van der Waals surface area (Å²) >= 11 is 1.42. The minimum absolute atomic E-state index is 0.0323. The predicted octanol–water partition coefficient (Wildman–Crippen LogP) is 0.206. The van der Waals surface area contributed by atoms with Gasteiger partial charge in [0.05, 0.1) is 6.10 Å². The highest BCUT2D eigenvalue weighted by Gasteiger charge is 2.12. The van der Waals surface area contributed by atoms with Gasteiger partial charge in [-0.2, -0.15) is 4.98 Å². The van der Waals surface area contributed by atoms with Gasteiger partial charge in [-0.1, -0.05) is 6.92 Å². The first-order valence-electron chi connectivity index (χ1n) is 4.49. The Morgan fingerprint density at radius 1 is 1.47 bits per heavy atom. The molecule has 2 unspecified atom stereocenters. The highest BCUT2D eigenvalue weighted by atomic mass is 32.2. The zero-order chi connectivity index (χ0) is 11.4. The monoisotopic (exact) mass is 229 g/mol. The van der Waals surface area contributed by atoms with Gasteiger partial charge in [-0.05, 0) is 6.92 Å². The fourth-order valence-electron chi connectivity index (χ4n) is 0.866. The average molecular weight is 229 g/mol. The van der Waals surface area contributed by atoms with E-state index in [0.717, 1.165) is 0 Å². The van der Waals surface area contributed by atoms with Crippen LogP contribution in [0, 0.1) is 0 Å². The SMILES string of the molecule is CC(O)C(C)Sc1cc(NN)nc(N)n1. The van der Waals surface area contributed by atoms with Crippen molar-refractivity contribution in [2.45, 2.75) is 30.2 Å². The molecular formula is C8H15N5OS. The Morgan fingerprint density at radius 3 is 2.67 bits per heavy atom. The third-order valence-corrected chi connectivity index (χ3v) is 3.07. The number of rotatable bonds is 4. The van der Waals surface area contributed by atoms with Crippen LogP contribution in [0.1, 0.15) is 13.8 Å². The first-order valence-corrected chi connectivity index (χ1v) is 5.36. The Balaban J connectivity index is 2.80. The van der Waals surface area contributed by atoms with Gasteiger partial charge in [-0.15, -0.1) is 11.8 Å². The molecule has 2 atom stereocenters. The van der Waals surface area contributed by atoms with Crippen molar-refractivity contribution < 1.29 is 5.11 Å². The highest BCUT2D eigenvalue weighted by molar-refractivity contribution is 7.99. The van der Waals surface area contributed by atoms with E-state index in [2.05, 4.69) is 15.4 Å². The molecule has 7 heteroatoms. The summed E-state index contributed by atoms with van der Waals surface area (Å²) in [6.07, 6.45) is -0.416. The predicted molar refractivity (Wildman–Crippen MR) is 61.3 cm³/mol. The summed E-state index contributed by atoms with van der Waals surface area (Å²) in [5.74, 6) is 5.84. The molecule has 0 aromatic carbocycles. The van der Waals surface area contributed by atoms with Crippen LogP contribution in [0.2, 0.25) is 0 Å². The van der Waals surface area contributed by atoms with Crippen molar-refractivity contribution in [2.24, 2.45) is 5.84 Å². The Kier molecular flexibility index (Phi) is 4.13. The first-order chi connectivity index (χ1) is 7.02. The molecule has 0 fully saturated rings. The molecule has 0 amide bonds. The standard InChI is InChI=1S/C8H15N5OS/c1-4(14)5(2)15-7-3-6(13-10)11-8(9)12-7/h3-5,14H,10H2,1-2H3,(H3,9,11,12,13). The van der Waals surface area contributed by atoms with E-state index < -0.39 is 6.10 Å². The van der Waals surface area contributed by atoms with E-state index in [0.29, 0.717) is 10.8 Å². The molecule has 0 saturated heterocycles. The van der Waals surface area contributed by atoms with Gasteiger partial charge in [-0.25, -0.2) is 10.8 Å². The summed E-state index contributed by atoms with van der Waals surface area (Å²) in [7, 11) is 0. The number of anilines is 2. The van der Waals surface area contributed by atoms with Gasteiger partial charge in [0.15, 0.2) is 0 Å². The molecule has 1 rings (SSSR count). The van der Waals surface area contributed by atoms with E-state index in [9.17, 15) is 5.11 Å². The lowest BCUT2D eigenvalue weighted by atomic mass is 10.3. The molecule has 0 spiro atoms. The van der Waals surface area contributed by atoms with Crippen molar-refractivity contribution in [2.75, 3.05) is 11.2 Å². The molecule has 1 heterocycles. The fraction of sp³-hybridized carbons (Fsp3) is 0.500. The van der Waals surface area contributed by atoms with E-state index in [1.54, 1.807) is 13.0 Å². The van der Waals surface area contributed by atoms with Crippen molar-refractivity contribution >= 4 is 23.5 Å². The van der Waals surface area contributed by atoms with Gasteiger partial charge in [0.1, 0.15) is 10.8 Å². The molecule has 0 radical (unpaired) electrons. The van der Waals surface area contributed by atoms with Crippen LogP contribution in [0.5, 0.6) is 0 Å². The summed E-state index contributed by atoms with van der Waals surface area (Å²) < 4.78 is 0. The summed E-state index contributed by atoms with van der Waals surface area (Å²) in [6.45, 7) is 3.63. The Hall–Kier alpha value is -1.05. The molecule has 84 valence electrons. The number of hydrogen-bond donors (Lipinski definition) is 4. The third-order valence-electron chi connectivity index (χ3n) is 1.85. The second-order valence-corrected chi connectivity index (χ2v) is 4.56. The van der Waals surface area contributed by atoms with Crippen molar-refractivity contribution in [1.29, 1.82) is 0 Å². The lowest BCUT2D eigenvalue weighted by molar-refractivity contribution is 0.196. The minimum Gasteiger partial charge on any atom is -0.392 e. The van der Waals surface area contributed by atoms with Gasteiger partial charge in [0, 0.05) is 11.3 Å². The molecule has 0 aliphatic heterocycles. The lowest BCUT2D eigenvalue weighted by Crippen LogP contribution is -2.16. The number of aliphatic hydroxyl groups excluding tert-OH is 1. The summed E-state index contributed by atoms with van der Waals surface area (Å²) in [5, 5.41) is 10.1. The Labute approximate surface area is 92.4 Å². The zero-order valence-corrected chi connectivity index (χ0v) is 9.45. The number of nitrogens with zero attached hydrogens (tertiary/aromatic N) is 2. The Bertz CT molecular complexity index is 333.